The Kier molecular flexibility index (Phi) is 4.33. The van der Waals surface area contributed by atoms with Crippen LogP contribution in [0.1, 0.15) is 35.0 Å². The highest BCUT2D eigenvalue weighted by Crippen LogP contribution is 2.35. The van der Waals surface area contributed by atoms with Crippen LogP contribution < -0.4 is 15.4 Å². The Morgan fingerprint density at radius 2 is 2.07 bits per heavy atom. The van der Waals surface area contributed by atoms with Gasteiger partial charge in [-0.3, -0.25) is 9.59 Å². The molecule has 2 amide bonds. The maximum atomic E-state index is 13.2. The Morgan fingerprint density at radius 1 is 1.29 bits per heavy atom. The molecule has 0 radical (unpaired) electrons. The Bertz CT molecular complexity index is 1090. The minimum Gasteiger partial charge on any atom is -0.493 e. The molecular weight excluding hydrogens is 355 g/mol. The molecule has 0 saturated heterocycles. The summed E-state index contributed by atoms with van der Waals surface area (Å²) in [6.45, 7) is 3.86. The number of rotatable bonds is 3. The zero-order valence-electron chi connectivity index (χ0n) is 16.1. The first kappa shape index (κ1) is 18.1. The average Bonchev–Trinajstić information content (AvgIpc) is 3.06. The molecule has 142 valence electrons. The van der Waals surface area contributed by atoms with E-state index in [4.69, 9.17) is 4.74 Å². The van der Waals surface area contributed by atoms with Crippen molar-refractivity contribution >= 4 is 31.1 Å². The molecule has 1 aromatic carbocycles. The lowest BCUT2D eigenvalue weighted by Crippen LogP contribution is -2.49. The van der Waals surface area contributed by atoms with E-state index in [1.54, 1.807) is 12.1 Å². The molecule has 1 aliphatic rings. The van der Waals surface area contributed by atoms with Gasteiger partial charge in [-0.2, -0.15) is 0 Å². The summed E-state index contributed by atoms with van der Waals surface area (Å²) in [6, 6.07) is 11.3. The number of hydrogen-bond donors (Lipinski definition) is 2. The summed E-state index contributed by atoms with van der Waals surface area (Å²) < 4.78 is 7.56. The van der Waals surface area contributed by atoms with E-state index >= 15 is 0 Å². The lowest BCUT2D eigenvalue weighted by atomic mass is 9.68. The van der Waals surface area contributed by atoms with Crippen molar-refractivity contribution in [3.05, 3.63) is 59.4 Å². The normalized spacial score (nSPS) is 18.2. The number of fused-ring (bicyclic) bond motifs is 2. The van der Waals surface area contributed by atoms with Crippen LogP contribution in [0.4, 0.5) is 5.82 Å². The Morgan fingerprint density at radius 3 is 2.86 bits per heavy atom. The first-order chi connectivity index (χ1) is 13.4. The molecule has 28 heavy (non-hydrogen) atoms. The van der Waals surface area contributed by atoms with Crippen molar-refractivity contribution in [3.63, 3.8) is 0 Å². The predicted molar refractivity (Wildman–Crippen MR) is 108 cm³/mol. The van der Waals surface area contributed by atoms with Gasteiger partial charge in [0.05, 0.1) is 12.2 Å². The van der Waals surface area contributed by atoms with Crippen molar-refractivity contribution in [2.75, 3.05) is 11.9 Å². The van der Waals surface area contributed by atoms with E-state index in [0.717, 1.165) is 17.0 Å². The number of ether oxygens (including phenoxy) is 1. The molecule has 0 saturated carbocycles. The molecule has 1 aliphatic heterocycles. The number of amides is 2. The number of carbonyl (C=O) groups excluding carboxylic acids is 2. The van der Waals surface area contributed by atoms with Gasteiger partial charge in [0.15, 0.2) is 5.65 Å². The molecule has 4 rings (SSSR count). The van der Waals surface area contributed by atoms with Gasteiger partial charge < -0.3 is 19.8 Å². The molecule has 2 aromatic heterocycles. The topological polar surface area (TPSA) is 84.7 Å². The Hall–Kier alpha value is -3.29. The van der Waals surface area contributed by atoms with Crippen LogP contribution in [0.2, 0.25) is 0 Å². The Balaban J connectivity index is 1.70. The maximum Gasteiger partial charge on any atom is 0.255 e. The molecule has 1 unspecified atom stereocenters. The van der Waals surface area contributed by atoms with Gasteiger partial charge in [-0.15, -0.1) is 0 Å². The third-order valence-corrected chi connectivity index (χ3v) is 5.09. The van der Waals surface area contributed by atoms with E-state index in [-0.39, 0.29) is 11.8 Å². The summed E-state index contributed by atoms with van der Waals surface area (Å²) in [5.74, 6) is 0.793. The van der Waals surface area contributed by atoms with Crippen LogP contribution in [-0.2, 0) is 10.2 Å². The van der Waals surface area contributed by atoms with Crippen molar-refractivity contribution < 1.29 is 14.3 Å². The summed E-state index contributed by atoms with van der Waals surface area (Å²) in [4.78, 5) is 29.0. The fraction of sp³-hybridized carbons (Fsp3) is 0.250. The van der Waals surface area contributed by atoms with Crippen LogP contribution in [0, 0.1) is 6.92 Å². The van der Waals surface area contributed by atoms with Crippen molar-refractivity contribution in [2.24, 2.45) is 0 Å². The first-order valence-electron chi connectivity index (χ1n) is 9.18. The fourth-order valence-corrected chi connectivity index (χ4v) is 3.65. The SMILES string of the molecule is BC1(NC(=O)c2ccn3c(C)cc(NC(C)=O)nc23)CCOc2ccccc21. The third kappa shape index (κ3) is 3.11. The minimum absolute atomic E-state index is 0.208. The van der Waals surface area contributed by atoms with Crippen LogP contribution in [0.3, 0.4) is 0 Å². The minimum atomic E-state index is -0.537. The number of carbonyl (C=O) groups is 2. The molecule has 0 aliphatic carbocycles. The summed E-state index contributed by atoms with van der Waals surface area (Å²) in [7, 11) is 2.01. The summed E-state index contributed by atoms with van der Waals surface area (Å²) in [5.41, 5.74) is 2.26. The highest BCUT2D eigenvalue weighted by Gasteiger charge is 2.35. The van der Waals surface area contributed by atoms with E-state index in [1.165, 1.54) is 6.92 Å². The number of aryl methyl sites for hydroxylation is 1. The van der Waals surface area contributed by atoms with E-state index in [0.29, 0.717) is 30.1 Å². The largest absolute Gasteiger partial charge is 0.493 e. The molecule has 8 heteroatoms. The highest BCUT2D eigenvalue weighted by molar-refractivity contribution is 6.18. The van der Waals surface area contributed by atoms with Crippen molar-refractivity contribution in [2.45, 2.75) is 25.7 Å². The quantitative estimate of drug-likeness (QED) is 0.680. The molecule has 1 atom stereocenters. The summed E-state index contributed by atoms with van der Waals surface area (Å²) in [6.07, 6.45) is 2.48. The van der Waals surface area contributed by atoms with E-state index in [2.05, 4.69) is 15.6 Å². The second kappa shape index (κ2) is 6.71. The highest BCUT2D eigenvalue weighted by atomic mass is 16.5. The fourth-order valence-electron chi connectivity index (χ4n) is 3.65. The second-order valence-electron chi connectivity index (χ2n) is 7.27. The van der Waals surface area contributed by atoms with Gasteiger partial charge >= 0.3 is 0 Å². The summed E-state index contributed by atoms with van der Waals surface area (Å²) >= 11 is 0. The van der Waals surface area contributed by atoms with Crippen molar-refractivity contribution in [1.82, 2.24) is 14.7 Å². The number of aromatic nitrogens is 2. The molecule has 7 nitrogen and oxygen atoms in total. The van der Waals surface area contributed by atoms with Gasteiger partial charge in [-0.25, -0.2) is 4.98 Å². The first-order valence-corrected chi connectivity index (χ1v) is 9.18. The zero-order chi connectivity index (χ0) is 19.9. The van der Waals surface area contributed by atoms with Gasteiger partial charge in [0.2, 0.25) is 5.91 Å². The molecule has 0 spiro atoms. The number of anilines is 1. The van der Waals surface area contributed by atoms with Crippen LogP contribution >= 0.6 is 0 Å². The van der Waals surface area contributed by atoms with Gasteiger partial charge in [-0.1, -0.05) is 18.2 Å². The van der Waals surface area contributed by atoms with Gasteiger partial charge in [-0.05, 0) is 19.1 Å². The number of nitrogens with zero attached hydrogens (tertiary/aromatic N) is 2. The zero-order valence-corrected chi connectivity index (χ0v) is 16.1. The van der Waals surface area contributed by atoms with Crippen LogP contribution in [-0.4, -0.2) is 35.7 Å². The molecular formula is C20H21BN4O3. The number of nitrogens with one attached hydrogen (secondary N) is 2. The lowest BCUT2D eigenvalue weighted by Gasteiger charge is -2.36. The van der Waals surface area contributed by atoms with Gasteiger partial charge in [0.25, 0.3) is 5.91 Å². The van der Waals surface area contributed by atoms with Crippen molar-refractivity contribution in [3.8, 4) is 5.75 Å². The Labute approximate surface area is 163 Å². The molecule has 3 aromatic rings. The standard InChI is InChI=1S/C20H21BN4O3/c1-12-11-17(22-13(2)26)23-18-14(7-9-25(12)18)19(27)24-20(21)8-10-28-16-6-4-3-5-15(16)20/h3-7,9,11H,8,10,21H2,1-2H3,(H,24,27)(H,22,23,26). The van der Waals surface area contributed by atoms with E-state index < -0.39 is 5.44 Å². The smallest absolute Gasteiger partial charge is 0.255 e. The lowest BCUT2D eigenvalue weighted by molar-refractivity contribution is -0.114. The van der Waals surface area contributed by atoms with Crippen LogP contribution in [0.15, 0.2) is 42.6 Å². The number of hydrogen-bond acceptors (Lipinski definition) is 4. The van der Waals surface area contributed by atoms with Gasteiger partial charge in [0, 0.05) is 42.3 Å². The molecule has 0 fully saturated rings. The predicted octanol–water partition coefficient (Wildman–Crippen LogP) is 1.60. The van der Waals surface area contributed by atoms with Crippen LogP contribution in [0.25, 0.3) is 5.65 Å². The second-order valence-corrected chi connectivity index (χ2v) is 7.27. The van der Waals surface area contributed by atoms with Crippen molar-refractivity contribution in [1.29, 1.82) is 0 Å². The monoisotopic (exact) mass is 376 g/mol. The molecule has 2 N–H and O–H groups in total. The molecule has 0 bridgehead atoms. The number of para-hydroxylation sites is 1. The number of benzene rings is 1. The average molecular weight is 376 g/mol. The van der Waals surface area contributed by atoms with Gasteiger partial charge in [0.1, 0.15) is 19.4 Å². The maximum absolute atomic E-state index is 13.2. The van der Waals surface area contributed by atoms with E-state index in [1.807, 2.05) is 49.6 Å². The summed E-state index contributed by atoms with van der Waals surface area (Å²) in [5, 5.41) is 5.85. The van der Waals surface area contributed by atoms with Crippen LogP contribution in [0.5, 0.6) is 5.75 Å². The third-order valence-electron chi connectivity index (χ3n) is 5.09. The van der Waals surface area contributed by atoms with E-state index in [9.17, 15) is 9.59 Å². The molecule has 3 heterocycles.